The number of pyridine rings is 1. The fourth-order valence-electron chi connectivity index (χ4n) is 3.28. The van der Waals surface area contributed by atoms with E-state index in [9.17, 15) is 0 Å². The summed E-state index contributed by atoms with van der Waals surface area (Å²) < 4.78 is 7.65. The number of aryl methyl sites for hydroxylation is 2. The highest BCUT2D eigenvalue weighted by Crippen LogP contribution is 2.30. The van der Waals surface area contributed by atoms with Gasteiger partial charge in [0.2, 0.25) is 11.7 Å². The number of aromatic nitrogens is 5. The summed E-state index contributed by atoms with van der Waals surface area (Å²) in [6, 6.07) is 14.1. The normalized spacial score (nSPS) is 12.2. The highest BCUT2D eigenvalue weighted by atomic mass is 16.5. The van der Waals surface area contributed by atoms with Crippen molar-refractivity contribution in [2.75, 3.05) is 0 Å². The van der Waals surface area contributed by atoms with Gasteiger partial charge in [-0.1, -0.05) is 49.3 Å². The minimum Gasteiger partial charge on any atom is -0.339 e. The van der Waals surface area contributed by atoms with Gasteiger partial charge in [0.05, 0.1) is 12.0 Å². The van der Waals surface area contributed by atoms with E-state index in [0.717, 1.165) is 29.8 Å². The van der Waals surface area contributed by atoms with E-state index in [1.807, 2.05) is 36.7 Å². The van der Waals surface area contributed by atoms with Crippen molar-refractivity contribution in [3.05, 3.63) is 72.8 Å². The molecule has 6 heteroatoms. The molecule has 6 nitrogen and oxygen atoms in total. The van der Waals surface area contributed by atoms with Crippen molar-refractivity contribution in [1.82, 2.24) is 24.7 Å². The molecule has 0 aliphatic rings. The monoisotopic (exact) mass is 373 g/mol. The molecule has 0 spiro atoms. The van der Waals surface area contributed by atoms with Gasteiger partial charge in [-0.05, 0) is 24.5 Å². The first-order chi connectivity index (χ1) is 13.8. The second-order valence-electron chi connectivity index (χ2n) is 6.85. The summed E-state index contributed by atoms with van der Waals surface area (Å²) in [5.74, 6) is 1.59. The van der Waals surface area contributed by atoms with Crippen LogP contribution in [-0.2, 0) is 13.0 Å². The molecular weight excluding hydrogens is 350 g/mol. The zero-order valence-corrected chi connectivity index (χ0v) is 16.1. The van der Waals surface area contributed by atoms with Crippen LogP contribution in [0.25, 0.3) is 22.6 Å². The van der Waals surface area contributed by atoms with Gasteiger partial charge in [0, 0.05) is 42.2 Å². The Morgan fingerprint density at radius 3 is 2.64 bits per heavy atom. The number of hydrogen-bond donors (Lipinski definition) is 0. The fourth-order valence-corrected chi connectivity index (χ4v) is 3.28. The third kappa shape index (κ3) is 3.71. The molecule has 1 atom stereocenters. The largest absolute Gasteiger partial charge is 0.339 e. The molecule has 0 radical (unpaired) electrons. The Morgan fingerprint density at radius 1 is 1.07 bits per heavy atom. The van der Waals surface area contributed by atoms with Crippen LogP contribution < -0.4 is 0 Å². The average Bonchev–Trinajstić information content (AvgIpc) is 3.40. The molecule has 0 unspecified atom stereocenters. The molecule has 1 aromatic carbocycles. The molecule has 4 aromatic rings. The van der Waals surface area contributed by atoms with Crippen LogP contribution in [0.5, 0.6) is 0 Å². The van der Waals surface area contributed by atoms with Crippen molar-refractivity contribution in [2.45, 2.75) is 39.2 Å². The highest BCUT2D eigenvalue weighted by molar-refractivity contribution is 5.62. The van der Waals surface area contributed by atoms with E-state index in [-0.39, 0.29) is 0 Å². The van der Waals surface area contributed by atoms with Crippen LogP contribution in [0.15, 0.2) is 65.7 Å². The highest BCUT2D eigenvalue weighted by Gasteiger charge is 2.18. The van der Waals surface area contributed by atoms with E-state index in [0.29, 0.717) is 24.1 Å². The second-order valence-corrected chi connectivity index (χ2v) is 6.85. The molecule has 0 aliphatic carbocycles. The van der Waals surface area contributed by atoms with E-state index < -0.39 is 0 Å². The minimum atomic E-state index is 0.409. The molecule has 3 aromatic heterocycles. The van der Waals surface area contributed by atoms with E-state index >= 15 is 0 Å². The van der Waals surface area contributed by atoms with Crippen LogP contribution >= 0.6 is 0 Å². The molecule has 0 fully saturated rings. The molecule has 28 heavy (non-hydrogen) atoms. The van der Waals surface area contributed by atoms with Crippen molar-refractivity contribution < 1.29 is 4.52 Å². The maximum absolute atomic E-state index is 5.44. The predicted octanol–water partition coefficient (Wildman–Crippen LogP) is 4.75. The molecule has 0 N–H and O–H groups in total. The summed E-state index contributed by atoms with van der Waals surface area (Å²) in [6.07, 6.45) is 7.09. The molecule has 142 valence electrons. The summed E-state index contributed by atoms with van der Waals surface area (Å²) in [4.78, 5) is 13.3. The molecule has 0 saturated heterocycles. The van der Waals surface area contributed by atoms with Crippen molar-refractivity contribution >= 4 is 0 Å². The Kier molecular flexibility index (Phi) is 5.28. The molecular formula is C22H23N5O. The minimum absolute atomic E-state index is 0.409. The first kappa shape index (κ1) is 18.1. The summed E-state index contributed by atoms with van der Waals surface area (Å²) in [7, 11) is 0. The Labute approximate surface area is 164 Å². The van der Waals surface area contributed by atoms with E-state index in [1.54, 1.807) is 12.4 Å². The van der Waals surface area contributed by atoms with Crippen molar-refractivity contribution in [3.8, 4) is 22.6 Å². The van der Waals surface area contributed by atoms with Gasteiger partial charge in [-0.25, -0.2) is 4.98 Å². The lowest BCUT2D eigenvalue weighted by atomic mass is 9.99. The number of rotatable bonds is 7. The van der Waals surface area contributed by atoms with Gasteiger partial charge in [-0.15, -0.1) is 0 Å². The molecule has 0 aliphatic heterocycles. The first-order valence-corrected chi connectivity index (χ1v) is 9.59. The first-order valence-electron chi connectivity index (χ1n) is 9.59. The number of nitrogens with zero attached hydrogens (tertiary/aromatic N) is 5. The Balaban J connectivity index is 1.55. The van der Waals surface area contributed by atoms with Crippen molar-refractivity contribution in [1.29, 1.82) is 0 Å². The number of hydrogen-bond acceptors (Lipinski definition) is 5. The van der Waals surface area contributed by atoms with Gasteiger partial charge >= 0.3 is 0 Å². The topological polar surface area (TPSA) is 69.6 Å². The van der Waals surface area contributed by atoms with E-state index in [1.165, 1.54) is 5.69 Å². The van der Waals surface area contributed by atoms with E-state index in [2.05, 4.69) is 45.7 Å². The van der Waals surface area contributed by atoms with Crippen LogP contribution in [0.2, 0.25) is 0 Å². The SMILES string of the molecule is CC[C@@H](C)c1c(-c2ccccc2)ncn1CCc1nc(-c2cccnc2)no1. The van der Waals surface area contributed by atoms with Crippen molar-refractivity contribution in [2.24, 2.45) is 0 Å². The molecule has 0 saturated carbocycles. The van der Waals surface area contributed by atoms with Crippen molar-refractivity contribution in [3.63, 3.8) is 0 Å². The third-order valence-electron chi connectivity index (χ3n) is 4.96. The lowest BCUT2D eigenvalue weighted by molar-refractivity contribution is 0.371. The van der Waals surface area contributed by atoms with E-state index in [4.69, 9.17) is 9.51 Å². The number of imidazole rings is 1. The van der Waals surface area contributed by atoms with Crippen LogP contribution in [0.4, 0.5) is 0 Å². The van der Waals surface area contributed by atoms with Gasteiger partial charge in [-0.2, -0.15) is 4.98 Å². The maximum atomic E-state index is 5.44. The number of benzene rings is 1. The predicted molar refractivity (Wildman–Crippen MR) is 108 cm³/mol. The zero-order valence-electron chi connectivity index (χ0n) is 16.1. The summed E-state index contributed by atoms with van der Waals surface area (Å²) >= 11 is 0. The molecule has 0 bridgehead atoms. The van der Waals surface area contributed by atoms with Crippen LogP contribution in [-0.4, -0.2) is 24.7 Å². The van der Waals surface area contributed by atoms with Gasteiger partial charge in [0.15, 0.2) is 0 Å². The maximum Gasteiger partial charge on any atom is 0.228 e. The zero-order chi connectivity index (χ0) is 19.3. The smallest absolute Gasteiger partial charge is 0.228 e. The van der Waals surface area contributed by atoms with Gasteiger partial charge in [-0.3, -0.25) is 4.98 Å². The van der Waals surface area contributed by atoms with Gasteiger partial charge < -0.3 is 9.09 Å². The third-order valence-corrected chi connectivity index (χ3v) is 4.96. The average molecular weight is 373 g/mol. The Bertz CT molecular complexity index is 1020. The van der Waals surface area contributed by atoms with Gasteiger partial charge in [0.25, 0.3) is 0 Å². The van der Waals surface area contributed by atoms with Crippen LogP contribution in [0.3, 0.4) is 0 Å². The Morgan fingerprint density at radius 2 is 1.89 bits per heavy atom. The quantitative estimate of drug-likeness (QED) is 0.467. The van der Waals surface area contributed by atoms with Crippen LogP contribution in [0, 0.1) is 0 Å². The molecule has 0 amide bonds. The molecule has 4 rings (SSSR count). The fraction of sp³-hybridized carbons (Fsp3) is 0.273. The standard InChI is InChI=1S/C22H23N5O/c1-3-16(2)21-20(17-8-5-4-6-9-17)24-15-27(21)13-11-19-25-22(26-28-19)18-10-7-12-23-14-18/h4-10,12,14-16H,3,11,13H2,1-2H3/t16-/m1/s1. The summed E-state index contributed by atoms with van der Waals surface area (Å²) in [5.41, 5.74) is 4.30. The van der Waals surface area contributed by atoms with Crippen LogP contribution in [0.1, 0.15) is 37.8 Å². The second kappa shape index (κ2) is 8.17. The van der Waals surface area contributed by atoms with Gasteiger partial charge in [0.1, 0.15) is 0 Å². The molecule has 3 heterocycles. The lowest BCUT2D eigenvalue weighted by Gasteiger charge is -2.15. The summed E-state index contributed by atoms with van der Waals surface area (Å²) in [6.45, 7) is 5.19. The lowest BCUT2D eigenvalue weighted by Crippen LogP contribution is -2.08. The summed E-state index contributed by atoms with van der Waals surface area (Å²) in [5, 5.41) is 4.07. The Hall–Kier alpha value is -3.28.